The quantitative estimate of drug-likeness (QED) is 0.499. The second kappa shape index (κ2) is 10.9. The van der Waals surface area contributed by atoms with Crippen LogP contribution in [0.3, 0.4) is 0 Å². The Morgan fingerprint density at radius 1 is 0.792 bits per heavy atom. The lowest BCUT2D eigenvalue weighted by molar-refractivity contribution is 0.329. The molecule has 0 atom stereocenters. The van der Waals surface area contributed by atoms with Crippen LogP contribution >= 0.6 is 0 Å². The summed E-state index contributed by atoms with van der Waals surface area (Å²) in [7, 11) is -1.87. The van der Waals surface area contributed by atoms with Gasteiger partial charge in [0.25, 0.3) is 0 Å². The Morgan fingerprint density at radius 3 is 1.46 bits per heavy atom. The van der Waals surface area contributed by atoms with E-state index < -0.39 is 8.40 Å². The van der Waals surface area contributed by atoms with Crippen LogP contribution in [0.2, 0.25) is 6.55 Å². The van der Waals surface area contributed by atoms with Crippen molar-refractivity contribution in [3.8, 4) is 0 Å². The fraction of sp³-hybridized carbons (Fsp3) is 0.619. The molecule has 0 fully saturated rings. The smallest absolute Gasteiger partial charge is 0.236 e. The van der Waals surface area contributed by atoms with E-state index in [1.54, 1.807) is 0 Å². The molecule has 1 rings (SSSR count). The zero-order valence-electron chi connectivity index (χ0n) is 16.6. The van der Waals surface area contributed by atoms with Crippen LogP contribution in [-0.4, -0.2) is 43.7 Å². The molecule has 136 valence electrons. The minimum absolute atomic E-state index is 1.20. The monoisotopic (exact) mass is 346 g/mol. The summed E-state index contributed by atoms with van der Waals surface area (Å²) >= 11 is 0. The average Bonchev–Trinajstić information content (AvgIpc) is 2.61. The molecule has 0 radical (unpaired) electrons. The molecule has 1 aromatic rings. The highest BCUT2D eigenvalue weighted by atomic mass is 28.3. The maximum atomic E-state index is 3.90. The molecule has 3 heteroatoms. The lowest BCUT2D eigenvalue weighted by Gasteiger charge is -2.47. The van der Waals surface area contributed by atoms with E-state index in [2.05, 4.69) is 74.2 Å². The molecule has 0 aliphatic carbocycles. The fourth-order valence-corrected chi connectivity index (χ4v) is 8.24. The predicted octanol–water partition coefficient (Wildman–Crippen LogP) is 4.85. The van der Waals surface area contributed by atoms with Crippen LogP contribution in [0.15, 0.2) is 30.8 Å². The van der Waals surface area contributed by atoms with E-state index in [4.69, 9.17) is 0 Å². The SMILES string of the molecule is C=Cc1ccc([Si](C)(N(CCC)CCC)N(CCC)CCC)cc1. The van der Waals surface area contributed by atoms with Crippen LogP contribution in [0.25, 0.3) is 6.08 Å². The van der Waals surface area contributed by atoms with E-state index in [-0.39, 0.29) is 0 Å². The molecule has 1 aromatic carbocycles. The van der Waals surface area contributed by atoms with Crippen molar-refractivity contribution in [3.63, 3.8) is 0 Å². The van der Waals surface area contributed by atoms with Crippen LogP contribution in [0.5, 0.6) is 0 Å². The van der Waals surface area contributed by atoms with E-state index in [0.29, 0.717) is 0 Å². The van der Waals surface area contributed by atoms with Gasteiger partial charge < -0.3 is 9.13 Å². The topological polar surface area (TPSA) is 6.48 Å². The minimum Gasteiger partial charge on any atom is -0.308 e. The molecule has 0 N–H and O–H groups in total. The van der Waals surface area contributed by atoms with Crippen molar-refractivity contribution >= 4 is 19.7 Å². The number of hydrogen-bond acceptors (Lipinski definition) is 2. The van der Waals surface area contributed by atoms with Crippen molar-refractivity contribution in [1.29, 1.82) is 0 Å². The number of rotatable bonds is 12. The number of nitrogens with zero attached hydrogens (tertiary/aromatic N) is 2. The van der Waals surface area contributed by atoms with Crippen molar-refractivity contribution in [3.05, 3.63) is 36.4 Å². The van der Waals surface area contributed by atoms with Crippen LogP contribution in [0.1, 0.15) is 58.9 Å². The highest BCUT2D eigenvalue weighted by Gasteiger charge is 2.41. The van der Waals surface area contributed by atoms with Crippen molar-refractivity contribution < 1.29 is 0 Å². The zero-order valence-corrected chi connectivity index (χ0v) is 17.6. The first-order chi connectivity index (χ1) is 11.6. The van der Waals surface area contributed by atoms with Gasteiger partial charge in [-0.15, -0.1) is 0 Å². The van der Waals surface area contributed by atoms with Gasteiger partial charge in [0, 0.05) is 0 Å². The molecule has 0 aliphatic heterocycles. The third-order valence-corrected chi connectivity index (χ3v) is 9.68. The van der Waals surface area contributed by atoms with Gasteiger partial charge in [-0.25, -0.2) is 0 Å². The zero-order chi connectivity index (χ0) is 18.0. The van der Waals surface area contributed by atoms with Crippen LogP contribution < -0.4 is 5.19 Å². The summed E-state index contributed by atoms with van der Waals surface area (Å²) < 4.78 is 5.64. The summed E-state index contributed by atoms with van der Waals surface area (Å²) in [4.78, 5) is 0. The van der Waals surface area contributed by atoms with E-state index in [1.165, 1.54) is 62.6 Å². The van der Waals surface area contributed by atoms with Gasteiger partial charge in [0.2, 0.25) is 8.40 Å². The van der Waals surface area contributed by atoms with Crippen molar-refractivity contribution in [2.45, 2.75) is 59.9 Å². The Bertz CT molecular complexity index is 441. The fourth-order valence-electron chi connectivity index (χ4n) is 3.67. The average molecular weight is 347 g/mol. The molecular formula is C21H38N2Si. The Balaban J connectivity index is 3.36. The number of benzene rings is 1. The second-order valence-corrected chi connectivity index (χ2v) is 10.7. The van der Waals surface area contributed by atoms with E-state index in [0.717, 1.165) is 0 Å². The van der Waals surface area contributed by atoms with Crippen molar-refractivity contribution in [2.24, 2.45) is 0 Å². The first-order valence-corrected chi connectivity index (χ1v) is 12.2. The number of hydrogen-bond donors (Lipinski definition) is 0. The molecule has 24 heavy (non-hydrogen) atoms. The molecule has 0 heterocycles. The first kappa shape index (κ1) is 21.1. The lowest BCUT2D eigenvalue weighted by atomic mass is 10.2. The Labute approximate surface area is 151 Å². The third-order valence-electron chi connectivity index (χ3n) is 4.90. The van der Waals surface area contributed by atoms with Gasteiger partial charge in [-0.2, -0.15) is 0 Å². The van der Waals surface area contributed by atoms with E-state index >= 15 is 0 Å². The second-order valence-electron chi connectivity index (χ2n) is 6.82. The molecule has 0 aliphatic rings. The maximum absolute atomic E-state index is 3.90. The summed E-state index contributed by atoms with van der Waals surface area (Å²) in [5, 5.41) is 1.54. The molecule has 0 spiro atoms. The van der Waals surface area contributed by atoms with E-state index in [1.807, 2.05) is 6.08 Å². The third kappa shape index (κ3) is 5.04. The largest absolute Gasteiger partial charge is 0.308 e. The standard InChI is InChI=1S/C21H38N2Si/c1-7-16-22(17-8-2)24(6,23(18-9-3)19-10-4)21-14-12-20(11-5)13-15-21/h11-15H,5,7-10,16-19H2,1-4,6H3. The van der Waals surface area contributed by atoms with Gasteiger partial charge in [0.05, 0.1) is 0 Å². The molecule has 0 aromatic heterocycles. The van der Waals surface area contributed by atoms with Crippen molar-refractivity contribution in [2.75, 3.05) is 26.2 Å². The molecule has 2 nitrogen and oxygen atoms in total. The molecule has 0 amide bonds. The normalized spacial score (nSPS) is 12.1. The highest BCUT2D eigenvalue weighted by Crippen LogP contribution is 2.19. The van der Waals surface area contributed by atoms with Crippen LogP contribution in [0.4, 0.5) is 0 Å². The summed E-state index contributed by atoms with van der Waals surface area (Å²) in [5.41, 5.74) is 1.21. The summed E-state index contributed by atoms with van der Waals surface area (Å²) in [6.07, 6.45) is 6.83. The van der Waals surface area contributed by atoms with Gasteiger partial charge in [-0.05, 0) is 69.2 Å². The molecule has 0 saturated carbocycles. The Morgan fingerprint density at radius 2 is 1.17 bits per heavy atom. The molecule has 0 saturated heterocycles. The van der Waals surface area contributed by atoms with Gasteiger partial charge in [0.15, 0.2) is 0 Å². The van der Waals surface area contributed by atoms with E-state index in [9.17, 15) is 0 Å². The van der Waals surface area contributed by atoms with Crippen LogP contribution in [-0.2, 0) is 0 Å². The predicted molar refractivity (Wildman–Crippen MR) is 112 cm³/mol. The first-order valence-electron chi connectivity index (χ1n) is 9.81. The van der Waals surface area contributed by atoms with Gasteiger partial charge in [0.1, 0.15) is 0 Å². The minimum atomic E-state index is -1.87. The molecular weight excluding hydrogens is 308 g/mol. The lowest BCUT2D eigenvalue weighted by Crippen LogP contribution is -2.71. The van der Waals surface area contributed by atoms with Crippen molar-refractivity contribution in [1.82, 2.24) is 9.13 Å². The molecule has 0 unspecified atom stereocenters. The Hall–Kier alpha value is -0.903. The Kier molecular flexibility index (Phi) is 9.56. The van der Waals surface area contributed by atoms with Crippen LogP contribution in [0, 0.1) is 0 Å². The molecule has 0 bridgehead atoms. The summed E-state index contributed by atoms with van der Waals surface area (Å²) in [6.45, 7) is 20.5. The maximum Gasteiger partial charge on any atom is 0.236 e. The highest BCUT2D eigenvalue weighted by molar-refractivity contribution is 6.86. The summed E-state index contributed by atoms with van der Waals surface area (Å²) in [6, 6.07) is 9.19. The van der Waals surface area contributed by atoms with Gasteiger partial charge in [-0.1, -0.05) is 64.6 Å². The van der Waals surface area contributed by atoms with Gasteiger partial charge in [-0.3, -0.25) is 0 Å². The van der Waals surface area contributed by atoms with Gasteiger partial charge >= 0.3 is 0 Å². The summed E-state index contributed by atoms with van der Waals surface area (Å²) in [5.74, 6) is 0.